The zero-order valence-electron chi connectivity index (χ0n) is 11.5. The molecule has 0 atom stereocenters. The molecular formula is C16H14FN3S. The summed E-state index contributed by atoms with van der Waals surface area (Å²) in [5.74, 6) is -0.312. The smallest absolute Gasteiger partial charge is 0.190 e. The van der Waals surface area contributed by atoms with Crippen LogP contribution in [0.5, 0.6) is 0 Å². The third-order valence-corrected chi connectivity index (χ3v) is 4.09. The zero-order chi connectivity index (χ0) is 14.7. The van der Waals surface area contributed by atoms with E-state index in [4.69, 9.17) is 0 Å². The molecule has 0 unspecified atom stereocenters. The third-order valence-electron chi connectivity index (χ3n) is 3.11. The number of nitrogens with zero attached hydrogens (tertiary/aromatic N) is 3. The number of hydrogen-bond acceptors (Lipinski definition) is 3. The molecule has 2 aromatic heterocycles. The second kappa shape index (κ2) is 6.01. The first kappa shape index (κ1) is 13.7. The maximum Gasteiger partial charge on any atom is 0.190 e. The summed E-state index contributed by atoms with van der Waals surface area (Å²) in [6.45, 7) is 2.64. The molecule has 0 aliphatic rings. The highest BCUT2D eigenvalue weighted by Crippen LogP contribution is 2.16. The van der Waals surface area contributed by atoms with Crippen molar-refractivity contribution < 1.29 is 4.39 Å². The molecule has 0 saturated heterocycles. The normalized spacial score (nSPS) is 11.8. The minimum atomic E-state index is -0.312. The molecule has 0 N–H and O–H groups in total. The lowest BCUT2D eigenvalue weighted by Crippen LogP contribution is -2.17. The van der Waals surface area contributed by atoms with Crippen molar-refractivity contribution in [3.8, 4) is 0 Å². The van der Waals surface area contributed by atoms with Crippen molar-refractivity contribution in [2.45, 2.75) is 13.5 Å². The van der Waals surface area contributed by atoms with Gasteiger partial charge in [0.15, 0.2) is 4.80 Å². The molecule has 3 aromatic rings. The van der Waals surface area contributed by atoms with Gasteiger partial charge in [-0.2, -0.15) is 0 Å². The Balaban J connectivity index is 2.03. The summed E-state index contributed by atoms with van der Waals surface area (Å²) in [5, 5.41) is 2.02. The van der Waals surface area contributed by atoms with Crippen LogP contribution in [0.15, 0.2) is 59.0 Å². The lowest BCUT2D eigenvalue weighted by molar-refractivity contribution is 0.627. The number of benzene rings is 1. The quantitative estimate of drug-likeness (QED) is 0.725. The van der Waals surface area contributed by atoms with Crippen molar-refractivity contribution in [2.75, 3.05) is 0 Å². The average molecular weight is 299 g/mol. The summed E-state index contributed by atoms with van der Waals surface area (Å²) in [6.07, 6.45) is 1.77. The van der Waals surface area contributed by atoms with Gasteiger partial charge in [0.2, 0.25) is 0 Å². The van der Waals surface area contributed by atoms with Crippen molar-refractivity contribution in [3.63, 3.8) is 0 Å². The van der Waals surface area contributed by atoms with E-state index in [-0.39, 0.29) is 5.82 Å². The SMILES string of the molecule is Cc1csc(=Nc2ccccc2F)n1Cc1ccccn1. The molecule has 0 aliphatic carbocycles. The zero-order valence-corrected chi connectivity index (χ0v) is 12.3. The summed E-state index contributed by atoms with van der Waals surface area (Å²) < 4.78 is 15.8. The lowest BCUT2D eigenvalue weighted by Gasteiger charge is -2.05. The van der Waals surface area contributed by atoms with Crippen molar-refractivity contribution in [1.29, 1.82) is 0 Å². The molecule has 0 bridgehead atoms. The maximum atomic E-state index is 13.7. The van der Waals surface area contributed by atoms with Gasteiger partial charge in [-0.1, -0.05) is 18.2 Å². The minimum absolute atomic E-state index is 0.312. The van der Waals surface area contributed by atoms with Crippen LogP contribution in [0, 0.1) is 12.7 Å². The predicted molar refractivity (Wildman–Crippen MR) is 82.0 cm³/mol. The number of aryl methyl sites for hydroxylation is 1. The van der Waals surface area contributed by atoms with E-state index >= 15 is 0 Å². The summed E-state index contributed by atoms with van der Waals surface area (Å²) in [7, 11) is 0. The first-order chi connectivity index (χ1) is 10.2. The van der Waals surface area contributed by atoms with E-state index in [1.54, 1.807) is 24.4 Å². The third kappa shape index (κ3) is 3.08. The van der Waals surface area contributed by atoms with Crippen LogP contribution in [-0.2, 0) is 6.54 Å². The Kier molecular flexibility index (Phi) is 3.92. The molecule has 0 saturated carbocycles. The molecule has 0 radical (unpaired) electrons. The molecule has 5 heteroatoms. The van der Waals surface area contributed by atoms with E-state index in [1.165, 1.54) is 17.4 Å². The van der Waals surface area contributed by atoms with Gasteiger partial charge >= 0.3 is 0 Å². The molecule has 0 spiro atoms. The summed E-state index contributed by atoms with van der Waals surface area (Å²) >= 11 is 1.50. The van der Waals surface area contributed by atoms with Gasteiger partial charge in [0.1, 0.15) is 11.5 Å². The van der Waals surface area contributed by atoms with Gasteiger partial charge in [-0.25, -0.2) is 9.38 Å². The monoisotopic (exact) mass is 299 g/mol. The van der Waals surface area contributed by atoms with Gasteiger partial charge in [0.05, 0.1) is 12.2 Å². The molecule has 3 rings (SSSR count). The minimum Gasteiger partial charge on any atom is -0.315 e. The highest BCUT2D eigenvalue weighted by Gasteiger charge is 2.05. The standard InChI is InChI=1S/C16H14FN3S/c1-12-11-21-16(19-15-8-3-2-7-14(15)17)20(12)10-13-6-4-5-9-18-13/h2-9,11H,10H2,1H3. The molecule has 106 valence electrons. The van der Waals surface area contributed by atoms with Crippen molar-refractivity contribution in [2.24, 2.45) is 4.99 Å². The van der Waals surface area contributed by atoms with Gasteiger partial charge in [-0.3, -0.25) is 4.98 Å². The van der Waals surface area contributed by atoms with E-state index < -0.39 is 0 Å². The van der Waals surface area contributed by atoms with Crippen LogP contribution in [0.4, 0.5) is 10.1 Å². The van der Waals surface area contributed by atoms with E-state index in [1.807, 2.05) is 35.1 Å². The van der Waals surface area contributed by atoms with E-state index in [0.29, 0.717) is 12.2 Å². The number of rotatable bonds is 3. The number of para-hydroxylation sites is 1. The maximum absolute atomic E-state index is 13.7. The Morgan fingerprint density at radius 3 is 2.76 bits per heavy atom. The number of halogens is 1. The Bertz CT molecular complexity index is 806. The Morgan fingerprint density at radius 1 is 1.19 bits per heavy atom. The van der Waals surface area contributed by atoms with Crippen LogP contribution in [-0.4, -0.2) is 9.55 Å². The van der Waals surface area contributed by atoms with Crippen LogP contribution in [0.25, 0.3) is 0 Å². The number of pyridine rings is 1. The Labute approximate surface area is 126 Å². The highest BCUT2D eigenvalue weighted by molar-refractivity contribution is 7.07. The summed E-state index contributed by atoms with van der Waals surface area (Å²) in [4.78, 5) is 9.53. The fraction of sp³-hybridized carbons (Fsp3) is 0.125. The van der Waals surface area contributed by atoms with Crippen LogP contribution in [0.2, 0.25) is 0 Å². The molecule has 0 amide bonds. The molecular weight excluding hydrogens is 285 g/mol. The van der Waals surface area contributed by atoms with Crippen LogP contribution in [0.3, 0.4) is 0 Å². The molecule has 0 fully saturated rings. The van der Waals surface area contributed by atoms with Crippen molar-refractivity contribution >= 4 is 17.0 Å². The highest BCUT2D eigenvalue weighted by atomic mass is 32.1. The predicted octanol–water partition coefficient (Wildman–Crippen LogP) is 3.67. The first-order valence-electron chi connectivity index (χ1n) is 6.58. The number of thiazole rings is 1. The molecule has 1 aromatic carbocycles. The van der Waals surface area contributed by atoms with E-state index in [2.05, 4.69) is 9.98 Å². The second-order valence-corrected chi connectivity index (χ2v) is 5.47. The fourth-order valence-corrected chi connectivity index (χ4v) is 2.88. The van der Waals surface area contributed by atoms with Gasteiger partial charge in [-0.15, -0.1) is 11.3 Å². The number of aromatic nitrogens is 2. The summed E-state index contributed by atoms with van der Waals surface area (Å²) in [6, 6.07) is 12.4. The largest absolute Gasteiger partial charge is 0.315 e. The molecule has 0 aliphatic heterocycles. The molecule has 3 nitrogen and oxygen atoms in total. The van der Waals surface area contributed by atoms with Crippen molar-refractivity contribution in [1.82, 2.24) is 9.55 Å². The number of hydrogen-bond donors (Lipinski definition) is 0. The Hall–Kier alpha value is -2.27. The second-order valence-electron chi connectivity index (χ2n) is 4.63. The molecule has 2 heterocycles. The van der Waals surface area contributed by atoms with Crippen LogP contribution >= 0.6 is 11.3 Å². The van der Waals surface area contributed by atoms with E-state index in [0.717, 1.165) is 16.2 Å². The van der Waals surface area contributed by atoms with Gasteiger partial charge < -0.3 is 4.57 Å². The fourth-order valence-electron chi connectivity index (χ4n) is 1.99. The van der Waals surface area contributed by atoms with E-state index in [9.17, 15) is 4.39 Å². The Morgan fingerprint density at radius 2 is 2.00 bits per heavy atom. The summed E-state index contributed by atoms with van der Waals surface area (Å²) in [5.41, 5.74) is 2.39. The lowest BCUT2D eigenvalue weighted by atomic mass is 10.3. The topological polar surface area (TPSA) is 30.2 Å². The van der Waals surface area contributed by atoms with Gasteiger partial charge in [0, 0.05) is 17.3 Å². The van der Waals surface area contributed by atoms with Gasteiger partial charge in [-0.05, 0) is 31.2 Å². The first-order valence-corrected chi connectivity index (χ1v) is 7.46. The van der Waals surface area contributed by atoms with Crippen molar-refractivity contribution in [3.05, 3.63) is 76.0 Å². The average Bonchev–Trinajstić information content (AvgIpc) is 2.84. The van der Waals surface area contributed by atoms with Gasteiger partial charge in [0.25, 0.3) is 0 Å². The van der Waals surface area contributed by atoms with Crippen LogP contribution < -0.4 is 4.80 Å². The van der Waals surface area contributed by atoms with Crippen LogP contribution in [0.1, 0.15) is 11.4 Å². The molecule has 21 heavy (non-hydrogen) atoms.